The van der Waals surface area contributed by atoms with E-state index in [4.69, 9.17) is 11.6 Å². The molecular formula is C11H14ClNS. The number of aromatic nitrogens is 1. The van der Waals surface area contributed by atoms with Crippen molar-refractivity contribution in [2.24, 2.45) is 0 Å². The zero-order valence-corrected chi connectivity index (χ0v) is 9.87. The summed E-state index contributed by atoms with van der Waals surface area (Å²) >= 11 is 7.85. The fraction of sp³-hybridized carbons (Fsp3) is 0.545. The van der Waals surface area contributed by atoms with Gasteiger partial charge >= 0.3 is 0 Å². The first-order valence-corrected chi connectivity index (χ1v) is 6.30. The number of rotatable bonds is 2. The molecule has 0 N–H and O–H groups in total. The summed E-state index contributed by atoms with van der Waals surface area (Å²) in [5, 5.41) is 1.41. The van der Waals surface area contributed by atoms with Gasteiger partial charge in [-0.1, -0.05) is 24.4 Å². The van der Waals surface area contributed by atoms with Gasteiger partial charge in [0.1, 0.15) is 5.15 Å². The molecule has 0 aromatic carbocycles. The molecule has 1 aromatic heterocycles. The molecule has 1 nitrogen and oxygen atoms in total. The lowest BCUT2D eigenvalue weighted by atomic mass is 10.3. The number of halogens is 1. The average Bonchev–Trinajstić information content (AvgIpc) is 2.64. The lowest BCUT2D eigenvalue weighted by Gasteiger charge is -2.10. The molecule has 0 amide bonds. The summed E-state index contributed by atoms with van der Waals surface area (Å²) < 4.78 is 0. The Morgan fingerprint density at radius 3 is 2.86 bits per heavy atom. The standard InChI is InChI=1S/C11H14ClNS/c1-8-7-13-11(12)6-10(8)14-9-4-2-3-5-9/h6-7,9H,2-5H2,1H3. The molecule has 0 atom stereocenters. The van der Waals surface area contributed by atoms with Crippen molar-refractivity contribution >= 4 is 23.4 Å². The molecule has 0 unspecified atom stereocenters. The summed E-state index contributed by atoms with van der Waals surface area (Å²) in [7, 11) is 0. The Bertz CT molecular complexity index is 321. The second kappa shape index (κ2) is 4.54. The van der Waals surface area contributed by atoms with Crippen LogP contribution in [0.15, 0.2) is 17.2 Å². The zero-order chi connectivity index (χ0) is 9.97. The van der Waals surface area contributed by atoms with Gasteiger partial charge in [-0.2, -0.15) is 0 Å². The monoisotopic (exact) mass is 227 g/mol. The van der Waals surface area contributed by atoms with Gasteiger partial charge < -0.3 is 0 Å². The van der Waals surface area contributed by atoms with E-state index in [0.717, 1.165) is 5.25 Å². The van der Waals surface area contributed by atoms with Crippen LogP contribution in [0.1, 0.15) is 31.2 Å². The Kier molecular flexibility index (Phi) is 3.34. The molecule has 0 saturated heterocycles. The normalized spacial score (nSPS) is 17.6. The molecule has 1 saturated carbocycles. The molecule has 1 fully saturated rings. The van der Waals surface area contributed by atoms with Crippen molar-refractivity contribution in [2.75, 3.05) is 0 Å². The molecule has 1 aliphatic rings. The minimum atomic E-state index is 0.607. The van der Waals surface area contributed by atoms with Crippen molar-refractivity contribution in [1.29, 1.82) is 0 Å². The summed E-state index contributed by atoms with van der Waals surface area (Å²) in [6, 6.07) is 1.99. The van der Waals surface area contributed by atoms with Crippen molar-refractivity contribution in [2.45, 2.75) is 42.8 Å². The van der Waals surface area contributed by atoms with Crippen molar-refractivity contribution in [3.63, 3.8) is 0 Å². The lowest BCUT2D eigenvalue weighted by molar-refractivity contribution is 0.886. The Balaban J connectivity index is 2.10. The molecule has 1 aliphatic carbocycles. The van der Waals surface area contributed by atoms with Gasteiger partial charge in [-0.3, -0.25) is 0 Å². The quantitative estimate of drug-likeness (QED) is 0.707. The van der Waals surface area contributed by atoms with Crippen LogP contribution in [0.4, 0.5) is 0 Å². The van der Waals surface area contributed by atoms with Crippen LogP contribution < -0.4 is 0 Å². The summed E-state index contributed by atoms with van der Waals surface area (Å²) in [6.07, 6.45) is 7.33. The maximum atomic E-state index is 5.88. The first-order valence-electron chi connectivity index (χ1n) is 5.04. The van der Waals surface area contributed by atoms with Gasteiger partial charge in [-0.25, -0.2) is 4.98 Å². The molecule has 2 rings (SSSR count). The minimum absolute atomic E-state index is 0.607. The highest BCUT2D eigenvalue weighted by Crippen LogP contribution is 2.36. The Hall–Kier alpha value is -0.210. The number of hydrogen-bond acceptors (Lipinski definition) is 2. The number of thioether (sulfide) groups is 1. The van der Waals surface area contributed by atoms with Crippen molar-refractivity contribution in [3.8, 4) is 0 Å². The fourth-order valence-electron chi connectivity index (χ4n) is 1.79. The van der Waals surface area contributed by atoms with E-state index >= 15 is 0 Å². The summed E-state index contributed by atoms with van der Waals surface area (Å²) in [5.41, 5.74) is 1.24. The smallest absolute Gasteiger partial charge is 0.130 e. The second-order valence-electron chi connectivity index (χ2n) is 3.80. The molecule has 14 heavy (non-hydrogen) atoms. The number of hydrogen-bond donors (Lipinski definition) is 0. The highest BCUT2D eigenvalue weighted by atomic mass is 35.5. The predicted molar refractivity (Wildman–Crippen MR) is 62.1 cm³/mol. The van der Waals surface area contributed by atoms with E-state index in [0.29, 0.717) is 5.15 Å². The Labute approximate surface area is 94.3 Å². The van der Waals surface area contributed by atoms with Crippen molar-refractivity contribution in [3.05, 3.63) is 23.0 Å². The molecule has 0 bridgehead atoms. The van der Waals surface area contributed by atoms with Gasteiger partial charge in [-0.05, 0) is 31.4 Å². The average molecular weight is 228 g/mol. The Morgan fingerprint density at radius 2 is 2.14 bits per heavy atom. The third-order valence-corrected chi connectivity index (χ3v) is 4.32. The van der Waals surface area contributed by atoms with Gasteiger partial charge in [0.05, 0.1) is 0 Å². The zero-order valence-electron chi connectivity index (χ0n) is 8.29. The first-order chi connectivity index (χ1) is 6.75. The van der Waals surface area contributed by atoms with E-state index in [-0.39, 0.29) is 0 Å². The van der Waals surface area contributed by atoms with E-state index < -0.39 is 0 Å². The Morgan fingerprint density at radius 1 is 1.43 bits per heavy atom. The maximum absolute atomic E-state index is 5.88. The third kappa shape index (κ3) is 2.43. The van der Waals surface area contributed by atoms with Crippen LogP contribution in [0.5, 0.6) is 0 Å². The number of aryl methyl sites for hydroxylation is 1. The molecule has 3 heteroatoms. The number of pyridine rings is 1. The molecule has 76 valence electrons. The van der Waals surface area contributed by atoms with Crippen LogP contribution in [0.2, 0.25) is 5.15 Å². The van der Waals surface area contributed by atoms with E-state index in [1.165, 1.54) is 36.1 Å². The van der Waals surface area contributed by atoms with Crippen molar-refractivity contribution < 1.29 is 0 Å². The minimum Gasteiger partial charge on any atom is -0.244 e. The summed E-state index contributed by atoms with van der Waals surface area (Å²) in [6.45, 7) is 2.10. The highest BCUT2D eigenvalue weighted by Gasteiger charge is 2.17. The maximum Gasteiger partial charge on any atom is 0.130 e. The van der Waals surface area contributed by atoms with Crippen LogP contribution in [0.3, 0.4) is 0 Å². The van der Waals surface area contributed by atoms with Gasteiger partial charge in [0.15, 0.2) is 0 Å². The summed E-state index contributed by atoms with van der Waals surface area (Å²) in [4.78, 5) is 5.37. The largest absolute Gasteiger partial charge is 0.244 e. The SMILES string of the molecule is Cc1cnc(Cl)cc1SC1CCCC1. The topological polar surface area (TPSA) is 12.9 Å². The molecule has 0 radical (unpaired) electrons. The van der Waals surface area contributed by atoms with Crippen LogP contribution in [-0.4, -0.2) is 10.2 Å². The highest BCUT2D eigenvalue weighted by molar-refractivity contribution is 8.00. The van der Waals surface area contributed by atoms with E-state index in [1.54, 1.807) is 0 Å². The second-order valence-corrected chi connectivity index (χ2v) is 5.53. The summed E-state index contributed by atoms with van der Waals surface area (Å²) in [5.74, 6) is 0. The first kappa shape index (κ1) is 10.3. The van der Waals surface area contributed by atoms with Gasteiger partial charge in [0.2, 0.25) is 0 Å². The van der Waals surface area contributed by atoms with Gasteiger partial charge in [0.25, 0.3) is 0 Å². The molecular weight excluding hydrogens is 214 g/mol. The molecule has 0 spiro atoms. The predicted octanol–water partition coefficient (Wildman–Crippen LogP) is 4.08. The van der Waals surface area contributed by atoms with Crippen LogP contribution in [0.25, 0.3) is 0 Å². The number of nitrogens with zero attached hydrogens (tertiary/aromatic N) is 1. The van der Waals surface area contributed by atoms with E-state index in [2.05, 4.69) is 11.9 Å². The molecule has 0 aliphatic heterocycles. The lowest BCUT2D eigenvalue weighted by Crippen LogP contribution is -1.95. The van der Waals surface area contributed by atoms with E-state index in [9.17, 15) is 0 Å². The molecule has 1 aromatic rings. The van der Waals surface area contributed by atoms with E-state index in [1.807, 2.05) is 24.0 Å². The van der Waals surface area contributed by atoms with Crippen LogP contribution in [-0.2, 0) is 0 Å². The van der Waals surface area contributed by atoms with Crippen LogP contribution >= 0.6 is 23.4 Å². The van der Waals surface area contributed by atoms with Crippen molar-refractivity contribution in [1.82, 2.24) is 4.98 Å². The van der Waals surface area contributed by atoms with Crippen LogP contribution in [0, 0.1) is 6.92 Å². The molecule has 1 heterocycles. The van der Waals surface area contributed by atoms with Gasteiger partial charge in [-0.15, -0.1) is 11.8 Å². The van der Waals surface area contributed by atoms with Gasteiger partial charge in [0, 0.05) is 16.3 Å². The third-order valence-electron chi connectivity index (χ3n) is 2.62. The fourth-order valence-corrected chi connectivity index (χ4v) is 3.36.